The van der Waals surface area contributed by atoms with Gasteiger partial charge in [0, 0.05) is 7.11 Å². The highest BCUT2D eigenvalue weighted by Gasteiger charge is 2.33. The summed E-state index contributed by atoms with van der Waals surface area (Å²) in [5, 5.41) is 11.1. The van der Waals surface area contributed by atoms with E-state index in [4.69, 9.17) is 9.84 Å². The van der Waals surface area contributed by atoms with E-state index < -0.39 is 23.7 Å². The van der Waals surface area contributed by atoms with E-state index in [1.165, 1.54) is 7.11 Å². The second-order valence-corrected chi connectivity index (χ2v) is 3.65. The minimum absolute atomic E-state index is 0.230. The number of amides is 1. The van der Waals surface area contributed by atoms with Crippen molar-refractivity contribution in [1.82, 2.24) is 5.32 Å². The van der Waals surface area contributed by atoms with Crippen molar-refractivity contribution in [3.8, 4) is 0 Å². The van der Waals surface area contributed by atoms with E-state index >= 15 is 0 Å². The predicted molar refractivity (Wildman–Crippen MR) is 57.2 cm³/mol. The van der Waals surface area contributed by atoms with Crippen molar-refractivity contribution in [2.24, 2.45) is 0 Å². The first-order valence-electron chi connectivity index (χ1n) is 4.58. The summed E-state index contributed by atoms with van der Waals surface area (Å²) in [7, 11) is 2.58. The van der Waals surface area contributed by atoms with Gasteiger partial charge in [0.25, 0.3) is 0 Å². The zero-order valence-electron chi connectivity index (χ0n) is 9.86. The van der Waals surface area contributed by atoms with Crippen molar-refractivity contribution >= 4 is 12.1 Å². The first-order chi connectivity index (χ1) is 7.26. The van der Waals surface area contributed by atoms with Gasteiger partial charge in [0.15, 0.2) is 6.04 Å². The summed E-state index contributed by atoms with van der Waals surface area (Å²) in [5.41, 5.74) is -0.628. The maximum Gasteiger partial charge on any atom is 0.407 e. The van der Waals surface area contributed by atoms with Crippen LogP contribution >= 0.6 is 0 Å². The predicted octanol–water partition coefficient (Wildman–Crippen LogP) is 0.777. The normalized spacial score (nSPS) is 12.8. The van der Waals surface area contributed by atoms with Crippen molar-refractivity contribution in [2.45, 2.75) is 25.5 Å². The fraction of sp³-hybridized carbons (Fsp3) is 0.600. The lowest BCUT2D eigenvalue weighted by molar-refractivity contribution is -0.139. The second kappa shape index (κ2) is 5.50. The smallest absolute Gasteiger partial charge is 0.407 e. The number of rotatable bonds is 5. The number of carboxylic acids is 1. The zero-order valence-corrected chi connectivity index (χ0v) is 9.86. The number of hydrogen-bond acceptors (Lipinski definition) is 4. The van der Waals surface area contributed by atoms with Gasteiger partial charge in [-0.3, -0.25) is 0 Å². The molecule has 0 radical (unpaired) electrons. The van der Waals surface area contributed by atoms with E-state index in [-0.39, 0.29) is 5.57 Å². The van der Waals surface area contributed by atoms with Crippen molar-refractivity contribution < 1.29 is 24.2 Å². The quantitative estimate of drug-likeness (QED) is 0.683. The van der Waals surface area contributed by atoms with E-state index in [2.05, 4.69) is 16.6 Å². The molecule has 92 valence electrons. The summed E-state index contributed by atoms with van der Waals surface area (Å²) < 4.78 is 9.42. The molecule has 0 aliphatic carbocycles. The number of carbonyl (C=O) groups is 2. The molecule has 6 heteroatoms. The molecule has 1 amide bonds. The van der Waals surface area contributed by atoms with Gasteiger partial charge in [-0.15, -0.1) is 0 Å². The third kappa shape index (κ3) is 3.54. The number of nitrogens with one attached hydrogen (secondary N) is 1. The summed E-state index contributed by atoms with van der Waals surface area (Å²) in [5.74, 6) is -1.22. The summed E-state index contributed by atoms with van der Waals surface area (Å²) in [6, 6.07) is -1.25. The molecule has 0 aliphatic heterocycles. The number of carbonyl (C=O) groups excluding carboxylic acids is 1. The molecule has 0 bridgehead atoms. The van der Waals surface area contributed by atoms with Crippen molar-refractivity contribution in [3.63, 3.8) is 0 Å². The molecule has 0 saturated heterocycles. The lowest BCUT2D eigenvalue weighted by Crippen LogP contribution is -2.47. The Morgan fingerprint density at radius 3 is 2.19 bits per heavy atom. The molecular weight excluding hydrogens is 214 g/mol. The minimum atomic E-state index is -1.25. The molecule has 0 fully saturated rings. The van der Waals surface area contributed by atoms with Crippen molar-refractivity contribution in [1.29, 1.82) is 0 Å². The zero-order chi connectivity index (χ0) is 12.9. The monoisotopic (exact) mass is 231 g/mol. The van der Waals surface area contributed by atoms with Crippen LogP contribution in [-0.4, -0.2) is 43.0 Å². The van der Waals surface area contributed by atoms with Crippen LogP contribution in [0.4, 0.5) is 4.79 Å². The maximum absolute atomic E-state index is 11.0. The largest absolute Gasteiger partial charge is 0.479 e. The van der Waals surface area contributed by atoms with Gasteiger partial charge in [0.2, 0.25) is 0 Å². The number of carboxylic acid groups (broad SMARTS) is 1. The van der Waals surface area contributed by atoms with Crippen LogP contribution in [0.15, 0.2) is 12.2 Å². The fourth-order valence-corrected chi connectivity index (χ4v) is 0.953. The molecule has 2 N–H and O–H groups in total. The van der Waals surface area contributed by atoms with Crippen LogP contribution in [0.5, 0.6) is 0 Å². The number of ether oxygens (including phenoxy) is 2. The van der Waals surface area contributed by atoms with Crippen LogP contribution in [0.25, 0.3) is 0 Å². The van der Waals surface area contributed by atoms with Crippen LogP contribution in [0.1, 0.15) is 13.8 Å². The van der Waals surface area contributed by atoms with Crippen molar-refractivity contribution in [2.75, 3.05) is 14.2 Å². The Morgan fingerprint density at radius 1 is 1.38 bits per heavy atom. The first-order valence-corrected chi connectivity index (χ1v) is 4.58. The Hall–Kier alpha value is -1.56. The summed E-state index contributed by atoms with van der Waals surface area (Å²) in [4.78, 5) is 21.9. The second-order valence-electron chi connectivity index (χ2n) is 3.65. The minimum Gasteiger partial charge on any atom is -0.479 e. The SMILES string of the molecule is C=C(C(NC(=O)OC)C(=O)O)C(C)(C)OC. The first kappa shape index (κ1) is 14.4. The van der Waals surface area contributed by atoms with E-state index in [1.807, 2.05) is 0 Å². The molecule has 0 aromatic rings. The number of aliphatic carboxylic acids is 1. The average Bonchev–Trinajstić information content (AvgIpc) is 2.23. The van der Waals surface area contributed by atoms with Crippen molar-refractivity contribution in [3.05, 3.63) is 12.2 Å². The highest BCUT2D eigenvalue weighted by atomic mass is 16.5. The number of hydrogen-bond donors (Lipinski definition) is 2. The molecule has 6 nitrogen and oxygen atoms in total. The summed E-state index contributed by atoms with van der Waals surface area (Å²) >= 11 is 0. The molecule has 0 spiro atoms. The van der Waals surface area contributed by atoms with Gasteiger partial charge in [-0.05, 0) is 19.4 Å². The Kier molecular flexibility index (Phi) is 4.97. The van der Waals surface area contributed by atoms with Gasteiger partial charge in [-0.1, -0.05) is 6.58 Å². The van der Waals surface area contributed by atoms with Gasteiger partial charge in [0.1, 0.15) is 0 Å². The molecule has 16 heavy (non-hydrogen) atoms. The van der Waals surface area contributed by atoms with Gasteiger partial charge in [-0.2, -0.15) is 0 Å². The van der Waals surface area contributed by atoms with E-state index in [0.29, 0.717) is 0 Å². The number of alkyl carbamates (subject to hydrolysis) is 1. The van der Waals surface area contributed by atoms with E-state index in [0.717, 1.165) is 7.11 Å². The van der Waals surface area contributed by atoms with Crippen LogP contribution < -0.4 is 5.32 Å². The number of methoxy groups -OCH3 is 2. The van der Waals surface area contributed by atoms with Crippen LogP contribution in [-0.2, 0) is 14.3 Å². The lowest BCUT2D eigenvalue weighted by Gasteiger charge is -2.29. The average molecular weight is 231 g/mol. The summed E-state index contributed by atoms with van der Waals surface area (Å²) in [6.07, 6.45) is -0.833. The fourth-order valence-electron chi connectivity index (χ4n) is 0.953. The van der Waals surface area contributed by atoms with Crippen LogP contribution in [0.3, 0.4) is 0 Å². The highest BCUT2D eigenvalue weighted by Crippen LogP contribution is 2.21. The molecular formula is C10H17NO5. The maximum atomic E-state index is 11.0. The van der Waals surface area contributed by atoms with E-state index in [9.17, 15) is 9.59 Å². The third-order valence-electron chi connectivity index (χ3n) is 2.33. The molecule has 0 aromatic heterocycles. The Bertz CT molecular complexity index is 298. The molecule has 1 unspecified atom stereocenters. The third-order valence-corrected chi connectivity index (χ3v) is 2.33. The standard InChI is InChI=1S/C10H17NO5/c1-6(10(2,3)16-5)7(8(12)13)11-9(14)15-4/h7H,1H2,2-5H3,(H,11,14)(H,12,13). The van der Waals surface area contributed by atoms with Gasteiger partial charge >= 0.3 is 12.1 Å². The molecule has 0 heterocycles. The lowest BCUT2D eigenvalue weighted by atomic mass is 9.93. The van der Waals surface area contributed by atoms with Crippen LogP contribution in [0.2, 0.25) is 0 Å². The molecule has 0 rings (SSSR count). The van der Waals surface area contributed by atoms with Gasteiger partial charge in [-0.25, -0.2) is 9.59 Å². The summed E-state index contributed by atoms with van der Waals surface area (Å²) in [6.45, 7) is 6.94. The Balaban J connectivity index is 4.87. The molecule has 0 aromatic carbocycles. The van der Waals surface area contributed by atoms with Gasteiger partial charge in [0.05, 0.1) is 12.7 Å². The Morgan fingerprint density at radius 2 is 1.88 bits per heavy atom. The van der Waals surface area contributed by atoms with E-state index in [1.54, 1.807) is 13.8 Å². The molecule has 0 aliphatic rings. The molecule has 0 saturated carbocycles. The van der Waals surface area contributed by atoms with Crippen LogP contribution in [0, 0.1) is 0 Å². The topological polar surface area (TPSA) is 84.9 Å². The van der Waals surface area contributed by atoms with Gasteiger partial charge < -0.3 is 19.9 Å². The Labute approximate surface area is 94.2 Å². The molecule has 1 atom stereocenters. The highest BCUT2D eigenvalue weighted by molar-refractivity contribution is 5.83.